The first kappa shape index (κ1) is 14.5. The van der Waals surface area contributed by atoms with E-state index in [0.717, 1.165) is 10.9 Å². The normalized spacial score (nSPS) is 17.5. The van der Waals surface area contributed by atoms with Crippen LogP contribution in [0.1, 0.15) is 33.8 Å². The molecule has 7 heteroatoms. The summed E-state index contributed by atoms with van der Waals surface area (Å²) in [5, 5.41) is 2.09. The van der Waals surface area contributed by atoms with E-state index in [0.29, 0.717) is 17.9 Å². The number of nitrogen functional groups attached to an aromatic ring is 1. The van der Waals surface area contributed by atoms with Gasteiger partial charge in [0.1, 0.15) is 0 Å². The number of halogens is 1. The van der Waals surface area contributed by atoms with Gasteiger partial charge in [0, 0.05) is 22.1 Å². The minimum absolute atomic E-state index is 0.0545. The molecule has 110 valence electrons. The maximum absolute atomic E-state index is 12.8. The SMILES string of the molecule is CC1c2ccsc2CCN1C(=O)c1cc(Br)cnc1NN. The molecule has 0 aliphatic carbocycles. The molecule has 21 heavy (non-hydrogen) atoms. The molecule has 5 nitrogen and oxygen atoms in total. The van der Waals surface area contributed by atoms with Crippen LogP contribution in [0.25, 0.3) is 0 Å². The zero-order chi connectivity index (χ0) is 15.0. The minimum atomic E-state index is -0.0545. The van der Waals surface area contributed by atoms with Crippen LogP contribution in [-0.4, -0.2) is 22.3 Å². The van der Waals surface area contributed by atoms with Crippen LogP contribution in [0.3, 0.4) is 0 Å². The number of nitrogens with two attached hydrogens (primary N) is 1. The lowest BCUT2D eigenvalue weighted by molar-refractivity contribution is 0.0680. The summed E-state index contributed by atoms with van der Waals surface area (Å²) >= 11 is 5.11. The van der Waals surface area contributed by atoms with Crippen molar-refractivity contribution < 1.29 is 4.79 Å². The number of carbonyl (C=O) groups excluding carboxylic acids is 1. The van der Waals surface area contributed by atoms with E-state index >= 15 is 0 Å². The number of anilines is 1. The second kappa shape index (κ2) is 5.75. The van der Waals surface area contributed by atoms with E-state index in [9.17, 15) is 4.79 Å². The van der Waals surface area contributed by atoms with Crippen LogP contribution in [0.15, 0.2) is 28.2 Å². The first-order valence-corrected chi connectivity index (χ1v) is 8.28. The Labute approximate surface area is 135 Å². The van der Waals surface area contributed by atoms with Crippen LogP contribution in [0, 0.1) is 0 Å². The van der Waals surface area contributed by atoms with Crippen LogP contribution >= 0.6 is 27.3 Å². The minimum Gasteiger partial charge on any atom is -0.331 e. The van der Waals surface area contributed by atoms with E-state index in [4.69, 9.17) is 5.84 Å². The van der Waals surface area contributed by atoms with Crippen LogP contribution in [-0.2, 0) is 6.42 Å². The molecule has 0 saturated heterocycles. The Morgan fingerprint density at radius 3 is 3.19 bits per heavy atom. The van der Waals surface area contributed by atoms with E-state index < -0.39 is 0 Å². The molecule has 0 aromatic carbocycles. The smallest absolute Gasteiger partial charge is 0.258 e. The van der Waals surface area contributed by atoms with Crippen LogP contribution in [0.5, 0.6) is 0 Å². The highest BCUT2D eigenvalue weighted by Gasteiger charge is 2.30. The summed E-state index contributed by atoms with van der Waals surface area (Å²) in [5.74, 6) is 5.81. The number of amides is 1. The van der Waals surface area contributed by atoms with E-state index in [1.54, 1.807) is 23.6 Å². The molecule has 0 spiro atoms. The Morgan fingerprint density at radius 1 is 1.62 bits per heavy atom. The van der Waals surface area contributed by atoms with Gasteiger partial charge in [-0.1, -0.05) is 0 Å². The summed E-state index contributed by atoms with van der Waals surface area (Å²) in [4.78, 5) is 20.2. The largest absolute Gasteiger partial charge is 0.331 e. The summed E-state index contributed by atoms with van der Waals surface area (Å²) in [6, 6.07) is 3.92. The number of carbonyl (C=O) groups is 1. The standard InChI is InChI=1S/C14H15BrN4OS/c1-8-10-3-5-21-12(10)2-4-19(8)14(20)11-6-9(15)7-17-13(11)18-16/h3,5-8H,2,4,16H2,1H3,(H,17,18). The number of hydrogen-bond acceptors (Lipinski definition) is 5. The number of hydrazine groups is 1. The molecule has 2 aromatic heterocycles. The molecule has 1 amide bonds. The molecule has 3 rings (SSSR count). The summed E-state index contributed by atoms with van der Waals surface area (Å²) in [5.41, 5.74) is 4.22. The van der Waals surface area contributed by atoms with Gasteiger partial charge >= 0.3 is 0 Å². The van der Waals surface area contributed by atoms with Gasteiger partial charge in [-0.25, -0.2) is 10.8 Å². The predicted molar refractivity (Wildman–Crippen MR) is 87.2 cm³/mol. The van der Waals surface area contributed by atoms with Crippen molar-refractivity contribution in [3.05, 3.63) is 44.2 Å². The summed E-state index contributed by atoms with van der Waals surface area (Å²) in [6.07, 6.45) is 2.51. The topological polar surface area (TPSA) is 71.2 Å². The third-order valence-corrected chi connectivity index (χ3v) is 5.19. The van der Waals surface area contributed by atoms with Crippen molar-refractivity contribution in [1.82, 2.24) is 9.88 Å². The number of aromatic nitrogens is 1. The van der Waals surface area contributed by atoms with Gasteiger partial charge in [-0.15, -0.1) is 11.3 Å². The molecule has 3 heterocycles. The molecular formula is C14H15BrN4OS. The average Bonchev–Trinajstić information content (AvgIpc) is 2.96. The maximum Gasteiger partial charge on any atom is 0.258 e. The predicted octanol–water partition coefficient (Wildman–Crippen LogP) is 2.95. The molecule has 0 bridgehead atoms. The van der Waals surface area contributed by atoms with Crippen molar-refractivity contribution in [3.63, 3.8) is 0 Å². The van der Waals surface area contributed by atoms with Gasteiger partial charge < -0.3 is 10.3 Å². The highest BCUT2D eigenvalue weighted by molar-refractivity contribution is 9.10. The molecule has 1 aliphatic rings. The lowest BCUT2D eigenvalue weighted by atomic mass is 10.0. The van der Waals surface area contributed by atoms with Crippen LogP contribution in [0.2, 0.25) is 0 Å². The quantitative estimate of drug-likeness (QED) is 0.633. The van der Waals surface area contributed by atoms with E-state index in [1.165, 1.54) is 10.4 Å². The van der Waals surface area contributed by atoms with Gasteiger partial charge in [0.25, 0.3) is 5.91 Å². The van der Waals surface area contributed by atoms with Crippen LogP contribution in [0.4, 0.5) is 5.82 Å². The van der Waals surface area contributed by atoms with Crippen molar-refractivity contribution in [2.45, 2.75) is 19.4 Å². The van der Waals surface area contributed by atoms with Crippen LogP contribution < -0.4 is 11.3 Å². The summed E-state index contributed by atoms with van der Waals surface area (Å²) < 4.78 is 0.755. The molecule has 0 radical (unpaired) electrons. The number of nitrogens with zero attached hydrogens (tertiary/aromatic N) is 2. The van der Waals surface area contributed by atoms with Crippen molar-refractivity contribution in [2.24, 2.45) is 5.84 Å². The van der Waals surface area contributed by atoms with Crippen molar-refractivity contribution >= 4 is 39.0 Å². The first-order valence-electron chi connectivity index (χ1n) is 6.61. The number of nitrogens with one attached hydrogen (secondary N) is 1. The summed E-state index contributed by atoms with van der Waals surface area (Å²) in [6.45, 7) is 2.77. The third kappa shape index (κ3) is 2.56. The molecular weight excluding hydrogens is 352 g/mol. The molecule has 1 aliphatic heterocycles. The molecule has 1 atom stereocenters. The molecule has 0 saturated carbocycles. The van der Waals surface area contributed by atoms with Crippen molar-refractivity contribution in [1.29, 1.82) is 0 Å². The monoisotopic (exact) mass is 366 g/mol. The van der Waals surface area contributed by atoms with Crippen molar-refractivity contribution in [3.8, 4) is 0 Å². The Morgan fingerprint density at radius 2 is 2.43 bits per heavy atom. The molecule has 0 fully saturated rings. The number of fused-ring (bicyclic) bond motifs is 1. The number of thiophene rings is 1. The Hall–Kier alpha value is -1.44. The highest BCUT2D eigenvalue weighted by atomic mass is 79.9. The molecule has 1 unspecified atom stereocenters. The van der Waals surface area contributed by atoms with Gasteiger partial charge in [0.15, 0.2) is 5.82 Å². The maximum atomic E-state index is 12.8. The molecule has 3 N–H and O–H groups in total. The zero-order valence-corrected chi connectivity index (χ0v) is 13.9. The fourth-order valence-electron chi connectivity index (χ4n) is 2.66. The van der Waals surface area contributed by atoms with Gasteiger partial charge in [0.2, 0.25) is 0 Å². The molecule has 2 aromatic rings. The Kier molecular flexibility index (Phi) is 3.97. The first-order chi connectivity index (χ1) is 10.1. The second-order valence-electron chi connectivity index (χ2n) is 4.92. The van der Waals surface area contributed by atoms with Gasteiger partial charge in [0.05, 0.1) is 11.6 Å². The fraction of sp³-hybridized carbons (Fsp3) is 0.286. The van der Waals surface area contributed by atoms with Crippen molar-refractivity contribution in [2.75, 3.05) is 12.0 Å². The second-order valence-corrected chi connectivity index (χ2v) is 6.83. The Bertz CT molecular complexity index is 687. The van der Waals surface area contributed by atoms with Gasteiger partial charge in [-0.2, -0.15) is 0 Å². The zero-order valence-electron chi connectivity index (χ0n) is 11.5. The van der Waals surface area contributed by atoms with E-state index in [1.807, 2.05) is 4.90 Å². The summed E-state index contributed by atoms with van der Waals surface area (Å²) in [7, 11) is 0. The number of pyridine rings is 1. The average molecular weight is 367 g/mol. The van der Waals surface area contributed by atoms with E-state index in [-0.39, 0.29) is 11.9 Å². The fourth-order valence-corrected chi connectivity index (χ4v) is 3.95. The lowest BCUT2D eigenvalue weighted by Crippen LogP contribution is -2.38. The number of hydrogen-bond donors (Lipinski definition) is 2. The van der Waals surface area contributed by atoms with Gasteiger partial charge in [-0.05, 0) is 52.4 Å². The highest BCUT2D eigenvalue weighted by Crippen LogP contribution is 2.34. The van der Waals surface area contributed by atoms with E-state index in [2.05, 4.69) is 44.7 Å². The number of rotatable bonds is 2. The third-order valence-electron chi connectivity index (χ3n) is 3.76. The lowest BCUT2D eigenvalue weighted by Gasteiger charge is -2.34. The Balaban J connectivity index is 1.95. The van der Waals surface area contributed by atoms with Gasteiger partial charge in [-0.3, -0.25) is 4.79 Å².